The van der Waals surface area contributed by atoms with Gasteiger partial charge in [0.2, 0.25) is 0 Å². The Balaban J connectivity index is 3.04. The molecular weight excluding hydrogens is 120 g/mol. The number of ether oxygens (including phenoxy) is 1. The minimum absolute atomic E-state index is 0.230. The van der Waals surface area contributed by atoms with Gasteiger partial charge in [0.15, 0.2) is 0 Å². The number of hydrogen-bond donors (Lipinski definition) is 3. The Morgan fingerprint density at radius 3 is 3.00 bits per heavy atom. The monoisotopic (exact) mass is 132 g/mol. The molecule has 0 spiro atoms. The molecule has 4 N–H and O–H groups in total. The van der Waals surface area contributed by atoms with Crippen LogP contribution in [0.5, 0.6) is 0 Å². The summed E-state index contributed by atoms with van der Waals surface area (Å²) < 4.78 is 4.67. The number of rotatable bonds is 5. The van der Waals surface area contributed by atoms with E-state index < -0.39 is 6.10 Å². The molecule has 0 aliphatic carbocycles. The first-order chi connectivity index (χ1) is 4.31. The molecule has 0 saturated carbocycles. The normalized spacial score (nSPS) is 12.7. The Morgan fingerprint density at radius 1 is 1.89 bits per heavy atom. The van der Waals surface area contributed by atoms with E-state index in [4.69, 9.17) is 10.9 Å². The Labute approximate surface area is 54.3 Å². The third-order valence-corrected chi connectivity index (χ3v) is 0.760. The van der Waals surface area contributed by atoms with E-state index in [0.29, 0.717) is 6.54 Å². The fourth-order valence-corrected chi connectivity index (χ4v) is 0.374. The summed E-state index contributed by atoms with van der Waals surface area (Å²) in [5.41, 5.74) is 2.31. The van der Waals surface area contributed by atoms with Crippen LogP contribution in [-0.4, -0.2) is 24.4 Å². The summed E-state index contributed by atoms with van der Waals surface area (Å²) in [6, 6.07) is 0. The highest BCUT2D eigenvalue weighted by Crippen LogP contribution is 1.81. The molecule has 0 amide bonds. The van der Waals surface area contributed by atoms with Crippen molar-refractivity contribution in [2.75, 3.05) is 13.2 Å². The molecule has 4 nitrogen and oxygen atoms in total. The molecule has 54 valence electrons. The fourth-order valence-electron chi connectivity index (χ4n) is 0.374. The second-order valence-corrected chi connectivity index (χ2v) is 1.56. The number of aliphatic hydroxyl groups is 1. The first kappa shape index (κ1) is 8.42. The van der Waals surface area contributed by atoms with Crippen molar-refractivity contribution in [1.82, 2.24) is 5.43 Å². The van der Waals surface area contributed by atoms with Crippen molar-refractivity contribution in [1.29, 1.82) is 0 Å². The summed E-state index contributed by atoms with van der Waals surface area (Å²) in [5.74, 6) is 4.91. The van der Waals surface area contributed by atoms with Crippen LogP contribution in [0.25, 0.3) is 0 Å². The summed E-state index contributed by atoms with van der Waals surface area (Å²) in [6.07, 6.45) is 0.715. The molecule has 0 saturated heterocycles. The molecule has 0 aliphatic heterocycles. The zero-order chi connectivity index (χ0) is 7.11. The number of hydrazine groups is 1. The van der Waals surface area contributed by atoms with Crippen molar-refractivity contribution in [3.05, 3.63) is 12.8 Å². The van der Waals surface area contributed by atoms with Crippen LogP contribution < -0.4 is 11.3 Å². The van der Waals surface area contributed by atoms with Gasteiger partial charge in [-0.15, -0.1) is 0 Å². The first-order valence-corrected chi connectivity index (χ1v) is 2.65. The maximum Gasteiger partial charge on any atom is 0.114 e. The molecule has 0 radical (unpaired) electrons. The minimum Gasteiger partial charge on any atom is -0.499 e. The van der Waals surface area contributed by atoms with Crippen molar-refractivity contribution in [3.63, 3.8) is 0 Å². The standard InChI is InChI=1S/C5H12N2O2/c1-2-9-4-5(8)3-7-6/h2,5,7-8H,1,3-4,6H2. The Kier molecular flexibility index (Phi) is 5.20. The van der Waals surface area contributed by atoms with Gasteiger partial charge in [-0.25, -0.2) is 0 Å². The van der Waals surface area contributed by atoms with Gasteiger partial charge in [-0.05, 0) is 0 Å². The van der Waals surface area contributed by atoms with E-state index in [1.165, 1.54) is 6.26 Å². The van der Waals surface area contributed by atoms with E-state index in [-0.39, 0.29) is 6.61 Å². The zero-order valence-corrected chi connectivity index (χ0v) is 5.21. The predicted molar refractivity (Wildman–Crippen MR) is 34.3 cm³/mol. The van der Waals surface area contributed by atoms with Gasteiger partial charge in [0, 0.05) is 6.54 Å². The molecule has 0 aromatic carbocycles. The first-order valence-electron chi connectivity index (χ1n) is 2.65. The average Bonchev–Trinajstić information content (AvgIpc) is 1.85. The highest BCUT2D eigenvalue weighted by atomic mass is 16.5. The summed E-state index contributed by atoms with van der Waals surface area (Å²) in [4.78, 5) is 0. The number of nitrogens with two attached hydrogens (primary N) is 1. The molecule has 0 aromatic rings. The topological polar surface area (TPSA) is 67.5 Å². The smallest absolute Gasteiger partial charge is 0.114 e. The number of nitrogens with one attached hydrogen (secondary N) is 1. The van der Waals surface area contributed by atoms with Gasteiger partial charge in [-0.2, -0.15) is 0 Å². The van der Waals surface area contributed by atoms with Gasteiger partial charge < -0.3 is 9.84 Å². The lowest BCUT2D eigenvalue weighted by Crippen LogP contribution is -2.34. The van der Waals surface area contributed by atoms with Gasteiger partial charge >= 0.3 is 0 Å². The quantitative estimate of drug-likeness (QED) is 0.254. The largest absolute Gasteiger partial charge is 0.499 e. The maximum atomic E-state index is 8.86. The molecule has 0 aliphatic rings. The second-order valence-electron chi connectivity index (χ2n) is 1.56. The molecule has 0 rings (SSSR count). The van der Waals surface area contributed by atoms with Crippen LogP contribution in [0.3, 0.4) is 0 Å². The summed E-state index contributed by atoms with van der Waals surface area (Å²) in [5, 5.41) is 8.86. The van der Waals surface area contributed by atoms with E-state index >= 15 is 0 Å². The van der Waals surface area contributed by atoms with Crippen LogP contribution in [0.15, 0.2) is 12.8 Å². The van der Waals surface area contributed by atoms with Gasteiger partial charge in [0.1, 0.15) is 12.7 Å². The van der Waals surface area contributed by atoms with Crippen molar-refractivity contribution in [3.8, 4) is 0 Å². The zero-order valence-electron chi connectivity index (χ0n) is 5.21. The van der Waals surface area contributed by atoms with Crippen LogP contribution in [-0.2, 0) is 4.74 Å². The molecule has 0 heterocycles. The second kappa shape index (κ2) is 5.55. The molecule has 9 heavy (non-hydrogen) atoms. The molecular formula is C5H12N2O2. The van der Waals surface area contributed by atoms with Crippen LogP contribution in [0.1, 0.15) is 0 Å². The maximum absolute atomic E-state index is 8.86. The predicted octanol–water partition coefficient (Wildman–Crippen LogP) is -1.03. The lowest BCUT2D eigenvalue weighted by molar-refractivity contribution is 0.0842. The van der Waals surface area contributed by atoms with E-state index in [1.54, 1.807) is 0 Å². The van der Waals surface area contributed by atoms with Gasteiger partial charge in [0.25, 0.3) is 0 Å². The molecule has 1 unspecified atom stereocenters. The summed E-state index contributed by atoms with van der Waals surface area (Å²) in [6.45, 7) is 3.86. The lowest BCUT2D eigenvalue weighted by atomic mass is 10.4. The van der Waals surface area contributed by atoms with E-state index in [0.717, 1.165) is 0 Å². The molecule has 4 heteroatoms. The fraction of sp³-hybridized carbons (Fsp3) is 0.600. The van der Waals surface area contributed by atoms with Crippen LogP contribution in [0, 0.1) is 0 Å². The van der Waals surface area contributed by atoms with E-state index in [9.17, 15) is 0 Å². The average molecular weight is 132 g/mol. The minimum atomic E-state index is -0.562. The highest BCUT2D eigenvalue weighted by Gasteiger charge is 1.99. The summed E-state index contributed by atoms with van der Waals surface area (Å²) >= 11 is 0. The van der Waals surface area contributed by atoms with Crippen LogP contribution in [0.4, 0.5) is 0 Å². The molecule has 1 atom stereocenters. The third-order valence-electron chi connectivity index (χ3n) is 0.760. The Morgan fingerprint density at radius 2 is 2.56 bits per heavy atom. The highest BCUT2D eigenvalue weighted by molar-refractivity contribution is 4.57. The van der Waals surface area contributed by atoms with Crippen molar-refractivity contribution in [2.24, 2.45) is 5.84 Å². The Hall–Kier alpha value is -0.580. The van der Waals surface area contributed by atoms with Crippen LogP contribution >= 0.6 is 0 Å². The van der Waals surface area contributed by atoms with Crippen molar-refractivity contribution >= 4 is 0 Å². The molecule has 0 fully saturated rings. The van der Waals surface area contributed by atoms with Crippen molar-refractivity contribution < 1.29 is 9.84 Å². The molecule has 0 aromatic heterocycles. The molecule has 0 bridgehead atoms. The number of aliphatic hydroxyl groups excluding tert-OH is 1. The lowest BCUT2D eigenvalue weighted by Gasteiger charge is -2.07. The SMILES string of the molecule is C=COCC(O)CNN. The van der Waals surface area contributed by atoms with Crippen molar-refractivity contribution in [2.45, 2.75) is 6.10 Å². The van der Waals surface area contributed by atoms with E-state index in [1.807, 2.05) is 0 Å². The third kappa shape index (κ3) is 5.29. The van der Waals surface area contributed by atoms with Gasteiger partial charge in [-0.3, -0.25) is 11.3 Å². The van der Waals surface area contributed by atoms with Gasteiger partial charge in [-0.1, -0.05) is 6.58 Å². The van der Waals surface area contributed by atoms with E-state index in [2.05, 4.69) is 16.7 Å². The Bertz CT molecular complexity index is 77.4. The number of hydrogen-bond acceptors (Lipinski definition) is 4. The summed E-state index contributed by atoms with van der Waals surface area (Å²) in [7, 11) is 0. The van der Waals surface area contributed by atoms with Gasteiger partial charge in [0.05, 0.1) is 6.26 Å². The van der Waals surface area contributed by atoms with Crippen LogP contribution in [0.2, 0.25) is 0 Å².